The van der Waals surface area contributed by atoms with Crippen molar-refractivity contribution in [1.82, 2.24) is 19.8 Å². The number of aromatic nitrogens is 2. The molecule has 0 saturated carbocycles. The van der Waals surface area contributed by atoms with E-state index in [0.717, 1.165) is 18.8 Å². The lowest BCUT2D eigenvalue weighted by atomic mass is 9.94. The van der Waals surface area contributed by atoms with Gasteiger partial charge in [0.15, 0.2) is 0 Å². The molecule has 0 radical (unpaired) electrons. The SMILES string of the molecule is CCOC(=O)C1=C(COC(=O)NC)Nc2ncc(CN(CC)CC)n2C1c1cccc([N+](=O)[O-])c1. The van der Waals surface area contributed by atoms with E-state index < -0.39 is 23.0 Å². The normalized spacial score (nSPS) is 14.8. The fourth-order valence-corrected chi connectivity index (χ4v) is 3.96. The van der Waals surface area contributed by atoms with E-state index >= 15 is 0 Å². The molecule has 12 heteroatoms. The minimum absolute atomic E-state index is 0.112. The number of carbonyl (C=O) groups is 2. The standard InChI is InChI=1S/C23H30N6O6/c1-5-27(6-2)13-17-12-25-22-26-18(14-35-23(31)24-4)19(21(30)34-7-3)20(28(17)22)15-9-8-10-16(11-15)29(32)33/h8-12,20H,5-7,13-14H2,1-4H3,(H,24,31)(H,25,26). The number of nitro benzene ring substituents is 1. The number of ether oxygens (including phenoxy) is 2. The summed E-state index contributed by atoms with van der Waals surface area (Å²) in [5.41, 5.74) is 1.67. The molecule has 0 fully saturated rings. The number of anilines is 1. The molecule has 2 N–H and O–H groups in total. The zero-order chi connectivity index (χ0) is 25.5. The molecular formula is C23H30N6O6. The summed E-state index contributed by atoms with van der Waals surface area (Å²) in [4.78, 5) is 42.7. The molecule has 1 aromatic heterocycles. The van der Waals surface area contributed by atoms with Gasteiger partial charge in [-0.25, -0.2) is 14.6 Å². The number of nitrogens with zero attached hydrogens (tertiary/aromatic N) is 4. The molecule has 0 spiro atoms. The molecule has 1 aliphatic rings. The van der Waals surface area contributed by atoms with E-state index in [2.05, 4.69) is 20.5 Å². The predicted octanol–water partition coefficient (Wildman–Crippen LogP) is 2.82. The van der Waals surface area contributed by atoms with Gasteiger partial charge in [-0.2, -0.15) is 0 Å². The maximum absolute atomic E-state index is 13.2. The summed E-state index contributed by atoms with van der Waals surface area (Å²) in [6.07, 6.45) is 1.03. The number of fused-ring (bicyclic) bond motifs is 1. The van der Waals surface area contributed by atoms with Crippen LogP contribution in [0.2, 0.25) is 0 Å². The summed E-state index contributed by atoms with van der Waals surface area (Å²) in [7, 11) is 1.43. The summed E-state index contributed by atoms with van der Waals surface area (Å²) in [6.45, 7) is 7.81. The molecule has 2 heterocycles. The number of alkyl carbamates (subject to hydrolysis) is 1. The first kappa shape index (κ1) is 25.7. The number of hydrogen-bond acceptors (Lipinski definition) is 9. The van der Waals surface area contributed by atoms with Gasteiger partial charge in [0.1, 0.15) is 6.61 Å². The highest BCUT2D eigenvalue weighted by molar-refractivity contribution is 5.93. The second-order valence-corrected chi connectivity index (χ2v) is 7.72. The number of esters is 1. The number of non-ortho nitro benzene ring substituents is 1. The number of carbonyl (C=O) groups excluding carboxylic acids is 2. The lowest BCUT2D eigenvalue weighted by Gasteiger charge is -2.32. The molecule has 12 nitrogen and oxygen atoms in total. The fraction of sp³-hybridized carbons (Fsp3) is 0.435. The predicted molar refractivity (Wildman–Crippen MR) is 128 cm³/mol. The van der Waals surface area contributed by atoms with E-state index in [0.29, 0.717) is 18.1 Å². The van der Waals surface area contributed by atoms with Gasteiger partial charge in [-0.05, 0) is 25.6 Å². The summed E-state index contributed by atoms with van der Waals surface area (Å²) in [5, 5.41) is 17.0. The Morgan fingerprint density at radius 3 is 2.63 bits per heavy atom. The van der Waals surface area contributed by atoms with E-state index in [1.807, 2.05) is 18.4 Å². The van der Waals surface area contributed by atoms with Crippen molar-refractivity contribution in [2.24, 2.45) is 0 Å². The van der Waals surface area contributed by atoms with Crippen LogP contribution in [0.15, 0.2) is 41.7 Å². The zero-order valence-electron chi connectivity index (χ0n) is 20.2. The van der Waals surface area contributed by atoms with Gasteiger partial charge in [0.05, 0.1) is 40.7 Å². The Hall–Kier alpha value is -3.93. The minimum Gasteiger partial charge on any atom is -0.463 e. The van der Waals surface area contributed by atoms with Crippen molar-refractivity contribution in [3.8, 4) is 0 Å². The Morgan fingerprint density at radius 2 is 2.00 bits per heavy atom. The third-order valence-electron chi connectivity index (χ3n) is 5.72. The highest BCUT2D eigenvalue weighted by Gasteiger charge is 2.37. The van der Waals surface area contributed by atoms with Gasteiger partial charge in [-0.15, -0.1) is 0 Å². The molecular weight excluding hydrogens is 456 g/mol. The van der Waals surface area contributed by atoms with Crippen LogP contribution in [0.1, 0.15) is 38.1 Å². The minimum atomic E-state index is -0.790. The number of benzene rings is 1. The van der Waals surface area contributed by atoms with E-state index in [1.165, 1.54) is 19.2 Å². The van der Waals surface area contributed by atoms with Crippen molar-refractivity contribution in [1.29, 1.82) is 0 Å². The number of hydrogen-bond donors (Lipinski definition) is 2. The number of nitro groups is 1. The third-order valence-corrected chi connectivity index (χ3v) is 5.72. The van der Waals surface area contributed by atoms with Gasteiger partial charge in [0, 0.05) is 25.7 Å². The largest absolute Gasteiger partial charge is 0.463 e. The molecule has 1 unspecified atom stereocenters. The van der Waals surface area contributed by atoms with Crippen LogP contribution < -0.4 is 10.6 Å². The Bertz CT molecular complexity index is 1120. The molecule has 35 heavy (non-hydrogen) atoms. The Morgan fingerprint density at radius 1 is 1.26 bits per heavy atom. The summed E-state index contributed by atoms with van der Waals surface area (Å²) >= 11 is 0. The van der Waals surface area contributed by atoms with Crippen molar-refractivity contribution < 1.29 is 24.0 Å². The first-order valence-electron chi connectivity index (χ1n) is 11.4. The van der Waals surface area contributed by atoms with Crippen LogP contribution in [0.5, 0.6) is 0 Å². The van der Waals surface area contributed by atoms with Crippen LogP contribution in [-0.4, -0.2) is 64.8 Å². The van der Waals surface area contributed by atoms with Gasteiger partial charge >= 0.3 is 12.1 Å². The van der Waals surface area contributed by atoms with Crippen molar-refractivity contribution >= 4 is 23.7 Å². The molecule has 1 atom stereocenters. The van der Waals surface area contributed by atoms with Crippen LogP contribution in [0.3, 0.4) is 0 Å². The summed E-state index contributed by atoms with van der Waals surface area (Å²) in [6, 6.07) is 5.31. The summed E-state index contributed by atoms with van der Waals surface area (Å²) in [5.74, 6) is -0.202. The first-order chi connectivity index (χ1) is 16.8. The van der Waals surface area contributed by atoms with Crippen LogP contribution in [0, 0.1) is 10.1 Å². The van der Waals surface area contributed by atoms with E-state index in [-0.39, 0.29) is 30.2 Å². The van der Waals surface area contributed by atoms with E-state index in [9.17, 15) is 19.7 Å². The van der Waals surface area contributed by atoms with Crippen molar-refractivity contribution in [3.05, 3.63) is 63.1 Å². The highest BCUT2D eigenvalue weighted by atomic mass is 16.6. The molecule has 2 aromatic rings. The lowest BCUT2D eigenvalue weighted by Crippen LogP contribution is -2.34. The number of rotatable bonds is 10. The topological polar surface area (TPSA) is 141 Å². The van der Waals surface area contributed by atoms with Crippen molar-refractivity contribution in [2.75, 3.05) is 38.7 Å². The molecule has 1 aliphatic heterocycles. The molecule has 0 aliphatic carbocycles. The van der Waals surface area contributed by atoms with Crippen LogP contribution >= 0.6 is 0 Å². The number of amides is 1. The van der Waals surface area contributed by atoms with Gasteiger partial charge < -0.3 is 24.7 Å². The van der Waals surface area contributed by atoms with E-state index in [1.54, 1.807) is 25.3 Å². The Kier molecular flexibility index (Phi) is 8.42. The molecule has 3 rings (SSSR count). The molecule has 0 saturated heterocycles. The zero-order valence-corrected chi connectivity index (χ0v) is 20.2. The van der Waals surface area contributed by atoms with Crippen LogP contribution in [-0.2, 0) is 20.8 Å². The second-order valence-electron chi connectivity index (χ2n) is 7.72. The quantitative estimate of drug-likeness (QED) is 0.294. The molecule has 1 aromatic carbocycles. The molecule has 1 amide bonds. The monoisotopic (exact) mass is 486 g/mol. The summed E-state index contributed by atoms with van der Waals surface area (Å²) < 4.78 is 12.4. The van der Waals surface area contributed by atoms with Crippen LogP contribution in [0.4, 0.5) is 16.4 Å². The highest BCUT2D eigenvalue weighted by Crippen LogP contribution is 2.39. The second kappa shape index (κ2) is 11.5. The average Bonchev–Trinajstić information content (AvgIpc) is 3.26. The van der Waals surface area contributed by atoms with Crippen molar-refractivity contribution in [3.63, 3.8) is 0 Å². The van der Waals surface area contributed by atoms with Gasteiger partial charge in [0.2, 0.25) is 5.95 Å². The Balaban J connectivity index is 2.22. The fourth-order valence-electron chi connectivity index (χ4n) is 3.96. The average molecular weight is 487 g/mol. The van der Waals surface area contributed by atoms with Gasteiger partial charge in [-0.1, -0.05) is 26.0 Å². The smallest absolute Gasteiger partial charge is 0.407 e. The molecule has 188 valence electrons. The van der Waals surface area contributed by atoms with Gasteiger partial charge in [0.25, 0.3) is 5.69 Å². The van der Waals surface area contributed by atoms with Crippen molar-refractivity contribution in [2.45, 2.75) is 33.4 Å². The first-order valence-corrected chi connectivity index (χ1v) is 11.4. The van der Waals surface area contributed by atoms with E-state index in [4.69, 9.17) is 9.47 Å². The van der Waals surface area contributed by atoms with Crippen LogP contribution in [0.25, 0.3) is 0 Å². The maximum atomic E-state index is 13.2. The number of imidazole rings is 1. The molecule has 0 bridgehead atoms. The number of nitrogens with one attached hydrogen (secondary N) is 2. The Labute approximate surface area is 203 Å². The third kappa shape index (κ3) is 5.60. The lowest BCUT2D eigenvalue weighted by molar-refractivity contribution is -0.384. The maximum Gasteiger partial charge on any atom is 0.407 e. The van der Waals surface area contributed by atoms with Gasteiger partial charge in [-0.3, -0.25) is 15.0 Å².